The van der Waals surface area contributed by atoms with E-state index in [1.54, 1.807) is 12.3 Å². The Balaban J connectivity index is 1.31. The normalized spacial score (nSPS) is 11.7. The zero-order chi connectivity index (χ0) is 21.3. The van der Waals surface area contributed by atoms with Crippen molar-refractivity contribution in [3.8, 4) is 22.5 Å². The number of hydrogen-bond acceptors (Lipinski definition) is 4. The molecular weight excluding hydrogens is 410 g/mol. The van der Waals surface area contributed by atoms with Crippen molar-refractivity contribution in [3.05, 3.63) is 90.8 Å². The molecule has 5 rings (SSSR count). The molecule has 8 heteroatoms. The third kappa shape index (κ3) is 3.86. The number of nitrogens with one attached hydrogen (secondary N) is 3. The third-order valence-electron chi connectivity index (χ3n) is 5.09. The number of benzene rings is 2. The summed E-state index contributed by atoms with van der Waals surface area (Å²) in [7, 11) is -3.68. The van der Waals surface area contributed by atoms with Gasteiger partial charge in [0, 0.05) is 24.3 Å². The van der Waals surface area contributed by atoms with Crippen LogP contribution in [0.25, 0.3) is 33.5 Å². The van der Waals surface area contributed by atoms with Gasteiger partial charge in [-0.15, -0.1) is 0 Å². The van der Waals surface area contributed by atoms with Gasteiger partial charge in [-0.3, -0.25) is 5.10 Å². The lowest BCUT2D eigenvalue weighted by Crippen LogP contribution is -2.22. The van der Waals surface area contributed by atoms with Gasteiger partial charge in [0.2, 0.25) is 10.0 Å². The summed E-state index contributed by atoms with van der Waals surface area (Å²) in [6.07, 6.45) is 3.13. The van der Waals surface area contributed by atoms with Crippen molar-refractivity contribution in [1.29, 1.82) is 0 Å². The number of aromatic amines is 2. The summed E-state index contributed by atoms with van der Waals surface area (Å²) >= 11 is 0. The lowest BCUT2D eigenvalue weighted by atomic mass is 10.0. The fraction of sp³-hybridized carbons (Fsp3) is 0.0435. The lowest BCUT2D eigenvalue weighted by molar-refractivity contribution is 0.581. The average molecular weight is 430 g/mol. The van der Waals surface area contributed by atoms with Crippen molar-refractivity contribution >= 4 is 21.1 Å². The predicted molar refractivity (Wildman–Crippen MR) is 120 cm³/mol. The van der Waals surface area contributed by atoms with Crippen LogP contribution in [0.1, 0.15) is 5.56 Å². The molecule has 0 atom stereocenters. The minimum atomic E-state index is -3.68. The molecule has 3 N–H and O–H groups in total. The van der Waals surface area contributed by atoms with Crippen LogP contribution in [-0.2, 0) is 16.6 Å². The van der Waals surface area contributed by atoms with Crippen molar-refractivity contribution in [2.75, 3.05) is 0 Å². The van der Waals surface area contributed by atoms with E-state index in [0.29, 0.717) is 17.0 Å². The van der Waals surface area contributed by atoms with Crippen molar-refractivity contribution in [3.63, 3.8) is 0 Å². The zero-order valence-corrected chi connectivity index (χ0v) is 17.2. The van der Waals surface area contributed by atoms with Crippen molar-refractivity contribution in [2.45, 2.75) is 11.4 Å². The molecule has 5 aromatic rings. The number of pyridine rings is 1. The fourth-order valence-corrected chi connectivity index (χ4v) is 4.45. The molecule has 0 aliphatic heterocycles. The van der Waals surface area contributed by atoms with Gasteiger partial charge in [-0.1, -0.05) is 54.6 Å². The van der Waals surface area contributed by atoms with E-state index in [4.69, 9.17) is 0 Å². The topological polar surface area (TPSA) is 104 Å². The molecule has 0 saturated heterocycles. The number of nitrogens with zero attached hydrogens (tertiary/aromatic N) is 2. The molecule has 0 amide bonds. The SMILES string of the molecule is O=S(=O)(NCc1ccc(-c2ccccc2)cc1)c1c[nH]c(-c2[nH]nc3ncccc23)c1. The quantitative estimate of drug-likeness (QED) is 0.378. The number of aromatic nitrogens is 4. The second-order valence-electron chi connectivity index (χ2n) is 7.11. The highest BCUT2D eigenvalue weighted by Crippen LogP contribution is 2.26. The summed E-state index contributed by atoms with van der Waals surface area (Å²) < 4.78 is 28.2. The third-order valence-corrected chi connectivity index (χ3v) is 6.47. The van der Waals surface area contributed by atoms with Crippen LogP contribution >= 0.6 is 0 Å². The fourth-order valence-electron chi connectivity index (χ4n) is 3.44. The van der Waals surface area contributed by atoms with Gasteiger partial charge in [-0.2, -0.15) is 5.10 Å². The first-order chi connectivity index (χ1) is 15.1. The Morgan fingerprint density at radius 3 is 2.48 bits per heavy atom. The first-order valence-corrected chi connectivity index (χ1v) is 11.2. The molecule has 0 aliphatic carbocycles. The van der Waals surface area contributed by atoms with Crippen LogP contribution in [0.4, 0.5) is 0 Å². The first-order valence-electron chi connectivity index (χ1n) is 9.72. The summed E-state index contributed by atoms with van der Waals surface area (Å²) in [5, 5.41) is 7.88. The van der Waals surface area contributed by atoms with E-state index < -0.39 is 10.0 Å². The lowest BCUT2D eigenvalue weighted by Gasteiger charge is -2.07. The van der Waals surface area contributed by atoms with Crippen LogP contribution in [0.2, 0.25) is 0 Å². The van der Waals surface area contributed by atoms with Gasteiger partial charge in [-0.25, -0.2) is 18.1 Å². The molecule has 7 nitrogen and oxygen atoms in total. The van der Waals surface area contributed by atoms with Gasteiger partial charge in [0.1, 0.15) is 4.90 Å². The molecule has 0 unspecified atom stereocenters. The predicted octanol–water partition coefficient (Wildman–Crippen LogP) is 4.10. The standard InChI is InChI=1S/C23H19N5O2S/c29-31(30,26-14-16-8-10-18(11-9-16)17-5-2-1-3-6-17)19-13-21(25-15-19)22-20-7-4-12-24-23(20)28-27-22/h1-13,15,25-26H,14H2,(H,24,27,28). The molecule has 0 fully saturated rings. The number of rotatable bonds is 6. The van der Waals surface area contributed by atoms with E-state index in [0.717, 1.165) is 22.1 Å². The van der Waals surface area contributed by atoms with E-state index in [1.807, 2.05) is 66.7 Å². The zero-order valence-electron chi connectivity index (χ0n) is 16.4. The molecule has 2 aromatic carbocycles. The van der Waals surface area contributed by atoms with Crippen LogP contribution in [-0.4, -0.2) is 28.6 Å². The Bertz CT molecular complexity index is 1440. The highest BCUT2D eigenvalue weighted by molar-refractivity contribution is 7.89. The van der Waals surface area contributed by atoms with E-state index >= 15 is 0 Å². The number of H-pyrrole nitrogens is 2. The molecule has 3 aromatic heterocycles. The van der Waals surface area contributed by atoms with E-state index in [9.17, 15) is 8.42 Å². The van der Waals surface area contributed by atoms with Gasteiger partial charge < -0.3 is 4.98 Å². The summed E-state index contributed by atoms with van der Waals surface area (Å²) in [5.41, 5.74) is 4.99. The minimum Gasteiger partial charge on any atom is -0.359 e. The number of fused-ring (bicyclic) bond motifs is 1. The van der Waals surface area contributed by atoms with E-state index in [2.05, 4.69) is 24.9 Å². The maximum Gasteiger partial charge on any atom is 0.242 e. The van der Waals surface area contributed by atoms with Crippen molar-refractivity contribution in [1.82, 2.24) is 24.9 Å². The minimum absolute atomic E-state index is 0.162. The van der Waals surface area contributed by atoms with Gasteiger partial charge in [0.25, 0.3) is 0 Å². The molecule has 0 bridgehead atoms. The molecule has 154 valence electrons. The number of hydrogen-bond donors (Lipinski definition) is 3. The monoisotopic (exact) mass is 429 g/mol. The molecule has 31 heavy (non-hydrogen) atoms. The van der Waals surface area contributed by atoms with Crippen LogP contribution in [0, 0.1) is 0 Å². The van der Waals surface area contributed by atoms with E-state index in [-0.39, 0.29) is 11.4 Å². The second-order valence-corrected chi connectivity index (χ2v) is 8.88. The summed E-state index contributed by atoms with van der Waals surface area (Å²) in [6, 6.07) is 23.2. The average Bonchev–Trinajstić information content (AvgIpc) is 3.46. The first kappa shape index (κ1) is 19.2. The molecule has 0 aliphatic rings. The highest BCUT2D eigenvalue weighted by atomic mass is 32.2. The highest BCUT2D eigenvalue weighted by Gasteiger charge is 2.18. The summed E-state index contributed by atoms with van der Waals surface area (Å²) in [5.74, 6) is 0. The van der Waals surface area contributed by atoms with Gasteiger partial charge in [-0.05, 0) is 34.9 Å². The second kappa shape index (κ2) is 7.82. The van der Waals surface area contributed by atoms with Crippen LogP contribution in [0.5, 0.6) is 0 Å². The Hall–Kier alpha value is -3.75. The smallest absolute Gasteiger partial charge is 0.242 e. The van der Waals surface area contributed by atoms with Crippen molar-refractivity contribution < 1.29 is 8.42 Å². The molecule has 0 saturated carbocycles. The maximum absolute atomic E-state index is 12.8. The molecule has 0 spiro atoms. The molecule has 3 heterocycles. The van der Waals surface area contributed by atoms with Crippen molar-refractivity contribution in [2.24, 2.45) is 0 Å². The molecular formula is C23H19N5O2S. The largest absolute Gasteiger partial charge is 0.359 e. The molecule has 0 radical (unpaired) electrons. The Morgan fingerprint density at radius 2 is 1.68 bits per heavy atom. The Morgan fingerprint density at radius 1 is 0.903 bits per heavy atom. The summed E-state index contributed by atoms with van der Waals surface area (Å²) in [4.78, 5) is 7.36. The van der Waals surface area contributed by atoms with Gasteiger partial charge in [0.05, 0.1) is 11.4 Å². The number of sulfonamides is 1. The Labute approximate surface area is 179 Å². The van der Waals surface area contributed by atoms with Crippen LogP contribution in [0.3, 0.4) is 0 Å². The van der Waals surface area contributed by atoms with Crippen LogP contribution < -0.4 is 4.72 Å². The van der Waals surface area contributed by atoms with Crippen LogP contribution in [0.15, 0.2) is 90.1 Å². The van der Waals surface area contributed by atoms with E-state index in [1.165, 1.54) is 6.20 Å². The van der Waals surface area contributed by atoms with Gasteiger partial charge in [0.15, 0.2) is 5.65 Å². The van der Waals surface area contributed by atoms with Gasteiger partial charge >= 0.3 is 0 Å². The Kier molecular flexibility index (Phi) is 4.85. The maximum atomic E-state index is 12.8. The summed E-state index contributed by atoms with van der Waals surface area (Å²) in [6.45, 7) is 0.203.